The van der Waals surface area contributed by atoms with Gasteiger partial charge in [0.25, 0.3) is 5.56 Å². The Labute approximate surface area is 190 Å². The van der Waals surface area contributed by atoms with Crippen molar-refractivity contribution in [2.75, 3.05) is 22.9 Å². The van der Waals surface area contributed by atoms with Crippen molar-refractivity contribution >= 4 is 23.4 Å². The Morgan fingerprint density at radius 1 is 1.00 bits per heavy atom. The van der Waals surface area contributed by atoms with Gasteiger partial charge in [0.1, 0.15) is 11.6 Å². The van der Waals surface area contributed by atoms with Crippen LogP contribution in [0.5, 0.6) is 0 Å². The molecule has 0 saturated heterocycles. The van der Waals surface area contributed by atoms with Gasteiger partial charge in [0, 0.05) is 43.1 Å². The number of anilines is 4. The summed E-state index contributed by atoms with van der Waals surface area (Å²) in [6.45, 7) is 4.02. The summed E-state index contributed by atoms with van der Waals surface area (Å²) in [5, 5.41) is 0. The number of hydrogen-bond acceptors (Lipinski definition) is 6. The fourth-order valence-corrected chi connectivity index (χ4v) is 4.05. The summed E-state index contributed by atoms with van der Waals surface area (Å²) in [4.78, 5) is 31.0. The van der Waals surface area contributed by atoms with Crippen LogP contribution >= 0.6 is 0 Å². The van der Waals surface area contributed by atoms with Crippen molar-refractivity contribution in [1.82, 2.24) is 19.5 Å². The van der Waals surface area contributed by atoms with Gasteiger partial charge in [-0.1, -0.05) is 18.2 Å². The van der Waals surface area contributed by atoms with Gasteiger partial charge in [-0.05, 0) is 55.8 Å². The molecule has 1 aliphatic rings. The quantitative estimate of drug-likeness (QED) is 0.452. The zero-order chi connectivity index (χ0) is 22.8. The van der Waals surface area contributed by atoms with E-state index in [1.54, 1.807) is 22.9 Å². The molecule has 0 unspecified atom stereocenters. The third-order valence-electron chi connectivity index (χ3n) is 5.66. The lowest BCUT2D eigenvalue weighted by atomic mass is 10.1. The molecule has 4 aromatic rings. The van der Waals surface area contributed by atoms with Gasteiger partial charge < -0.3 is 4.90 Å². The molecule has 1 aliphatic heterocycles. The Morgan fingerprint density at radius 3 is 2.55 bits per heavy atom. The third kappa shape index (κ3) is 4.07. The van der Waals surface area contributed by atoms with Gasteiger partial charge in [0.15, 0.2) is 0 Å². The van der Waals surface area contributed by atoms with Crippen molar-refractivity contribution in [1.29, 1.82) is 0 Å². The molecule has 5 rings (SSSR count). The minimum absolute atomic E-state index is 0.141. The van der Waals surface area contributed by atoms with Crippen LogP contribution in [0.15, 0.2) is 77.7 Å². The van der Waals surface area contributed by atoms with Crippen molar-refractivity contribution < 1.29 is 4.39 Å². The molecule has 0 atom stereocenters. The molecule has 0 N–H and O–H groups in total. The Morgan fingerprint density at radius 2 is 1.79 bits per heavy atom. The van der Waals surface area contributed by atoms with E-state index in [4.69, 9.17) is 9.97 Å². The molecule has 0 radical (unpaired) electrons. The van der Waals surface area contributed by atoms with E-state index < -0.39 is 0 Å². The van der Waals surface area contributed by atoms with E-state index in [-0.39, 0.29) is 11.4 Å². The Balaban J connectivity index is 1.56. The smallest absolute Gasteiger partial charge is 0.255 e. The van der Waals surface area contributed by atoms with E-state index in [0.29, 0.717) is 48.6 Å². The largest absolute Gasteiger partial charge is 0.311 e. The molecule has 8 heteroatoms. The molecule has 2 aromatic heterocycles. The van der Waals surface area contributed by atoms with Crippen LogP contribution in [0, 0.1) is 5.82 Å². The summed E-state index contributed by atoms with van der Waals surface area (Å²) in [7, 11) is 0. The molecule has 0 bridgehead atoms. The molecule has 0 spiro atoms. The van der Waals surface area contributed by atoms with Gasteiger partial charge in [-0.25, -0.2) is 14.4 Å². The first-order chi connectivity index (χ1) is 16.1. The molecule has 0 aliphatic carbocycles. The zero-order valence-electron chi connectivity index (χ0n) is 18.2. The molecule has 33 heavy (non-hydrogen) atoms. The number of aromatic nitrogens is 4. The number of fused-ring (bicyclic) bond motifs is 1. The summed E-state index contributed by atoms with van der Waals surface area (Å²) in [6.07, 6.45) is 2.52. The topological polar surface area (TPSA) is 67.2 Å². The maximum atomic E-state index is 13.4. The second-order valence-corrected chi connectivity index (χ2v) is 7.74. The highest BCUT2D eigenvalue weighted by molar-refractivity contribution is 5.64. The second kappa shape index (κ2) is 8.82. The fraction of sp³-hybridized carbons (Fsp3) is 0.200. The number of nitrogens with zero attached hydrogens (tertiary/aromatic N) is 6. The average molecular weight is 442 g/mol. The average Bonchev–Trinajstić information content (AvgIpc) is 2.85. The second-order valence-electron chi connectivity index (χ2n) is 7.74. The number of benzene rings is 2. The molecule has 0 fully saturated rings. The number of hydrogen-bond donors (Lipinski definition) is 0. The molecule has 7 nitrogen and oxygen atoms in total. The number of halogens is 1. The first-order valence-corrected chi connectivity index (χ1v) is 10.9. The lowest BCUT2D eigenvalue weighted by molar-refractivity contribution is 0.561. The molecule has 2 aromatic carbocycles. The van der Waals surface area contributed by atoms with Crippen molar-refractivity contribution in [3.63, 3.8) is 0 Å². The Hall–Kier alpha value is -4.07. The van der Waals surface area contributed by atoms with Crippen molar-refractivity contribution in [2.24, 2.45) is 0 Å². The van der Waals surface area contributed by atoms with Crippen LogP contribution in [0.1, 0.15) is 13.3 Å². The molecule has 0 amide bonds. The van der Waals surface area contributed by atoms with E-state index in [2.05, 4.69) is 11.9 Å². The highest BCUT2D eigenvalue weighted by Crippen LogP contribution is 2.29. The van der Waals surface area contributed by atoms with Crippen LogP contribution in [0.2, 0.25) is 0 Å². The van der Waals surface area contributed by atoms with Crippen LogP contribution in [0.4, 0.5) is 27.8 Å². The summed E-state index contributed by atoms with van der Waals surface area (Å²) < 4.78 is 15.0. The van der Waals surface area contributed by atoms with E-state index in [9.17, 15) is 9.18 Å². The maximum Gasteiger partial charge on any atom is 0.255 e. The van der Waals surface area contributed by atoms with Crippen LogP contribution in [0.3, 0.4) is 0 Å². The standard InChI is InChI=1S/C25H23FN6O/c1-2-30(20-7-4-3-5-8-20)24-27-14-13-22(29-24)31-15-6-16-32-23(33)17-21(28-25(31)32)18-9-11-19(26)12-10-18/h3-5,7-14,17H,2,6,15-16H2,1H3. The van der Waals surface area contributed by atoms with Gasteiger partial charge in [-0.2, -0.15) is 4.98 Å². The van der Waals surface area contributed by atoms with Gasteiger partial charge in [-0.3, -0.25) is 14.3 Å². The number of para-hydroxylation sites is 1. The lowest BCUT2D eigenvalue weighted by Crippen LogP contribution is -2.36. The summed E-state index contributed by atoms with van der Waals surface area (Å²) in [6, 6.07) is 19.3. The summed E-state index contributed by atoms with van der Waals surface area (Å²) in [5.41, 5.74) is 2.06. The van der Waals surface area contributed by atoms with E-state index in [1.807, 2.05) is 46.2 Å². The van der Waals surface area contributed by atoms with Crippen molar-refractivity contribution in [2.45, 2.75) is 19.9 Å². The van der Waals surface area contributed by atoms with Crippen LogP contribution in [-0.4, -0.2) is 32.6 Å². The first-order valence-electron chi connectivity index (χ1n) is 10.9. The minimum Gasteiger partial charge on any atom is -0.311 e. The third-order valence-corrected chi connectivity index (χ3v) is 5.66. The lowest BCUT2D eigenvalue weighted by Gasteiger charge is -2.31. The molecule has 166 valence electrons. The summed E-state index contributed by atoms with van der Waals surface area (Å²) >= 11 is 0. The summed E-state index contributed by atoms with van der Waals surface area (Å²) in [5.74, 6) is 1.45. The highest BCUT2D eigenvalue weighted by atomic mass is 19.1. The van der Waals surface area contributed by atoms with E-state index in [0.717, 1.165) is 12.1 Å². The zero-order valence-corrected chi connectivity index (χ0v) is 18.2. The van der Waals surface area contributed by atoms with Crippen molar-refractivity contribution in [3.8, 4) is 11.3 Å². The molecular formula is C25H23FN6O. The molecule has 3 heterocycles. The minimum atomic E-state index is -0.331. The van der Waals surface area contributed by atoms with Gasteiger partial charge in [0.2, 0.25) is 11.9 Å². The molecular weight excluding hydrogens is 419 g/mol. The van der Waals surface area contributed by atoms with E-state index >= 15 is 0 Å². The SMILES string of the molecule is CCN(c1ccccc1)c1nccc(N2CCCn3c2nc(-c2ccc(F)cc2)cc3=O)n1. The van der Waals surface area contributed by atoms with E-state index in [1.165, 1.54) is 18.2 Å². The maximum absolute atomic E-state index is 13.4. The van der Waals surface area contributed by atoms with Gasteiger partial charge >= 0.3 is 0 Å². The number of rotatable bonds is 5. The first kappa shape index (κ1) is 20.8. The van der Waals surface area contributed by atoms with Gasteiger partial charge in [-0.15, -0.1) is 0 Å². The predicted molar refractivity (Wildman–Crippen MR) is 127 cm³/mol. The predicted octanol–water partition coefficient (Wildman–Crippen LogP) is 4.54. The van der Waals surface area contributed by atoms with Crippen LogP contribution in [-0.2, 0) is 6.54 Å². The highest BCUT2D eigenvalue weighted by Gasteiger charge is 2.24. The van der Waals surface area contributed by atoms with Gasteiger partial charge in [0.05, 0.1) is 5.69 Å². The monoisotopic (exact) mass is 442 g/mol. The van der Waals surface area contributed by atoms with Crippen molar-refractivity contribution in [3.05, 3.63) is 89.1 Å². The Kier molecular flexibility index (Phi) is 5.56. The Bertz CT molecular complexity index is 1320. The molecule has 0 saturated carbocycles. The normalized spacial score (nSPS) is 13.0. The fourth-order valence-electron chi connectivity index (χ4n) is 4.05. The van der Waals surface area contributed by atoms with Crippen LogP contribution in [0.25, 0.3) is 11.3 Å². The van der Waals surface area contributed by atoms with Crippen LogP contribution < -0.4 is 15.4 Å².